The highest BCUT2D eigenvalue weighted by Crippen LogP contribution is 2.40. The first-order valence-corrected chi connectivity index (χ1v) is 6.67. The lowest BCUT2D eigenvalue weighted by Gasteiger charge is -2.38. The van der Waals surface area contributed by atoms with E-state index >= 15 is 0 Å². The molecule has 1 aromatic rings. The molecule has 104 valence electrons. The highest BCUT2D eigenvalue weighted by molar-refractivity contribution is 5.60. The van der Waals surface area contributed by atoms with Gasteiger partial charge < -0.3 is 10.6 Å². The second kappa shape index (κ2) is 5.42. The second-order valence-electron chi connectivity index (χ2n) is 5.37. The molecule has 0 saturated heterocycles. The highest BCUT2D eigenvalue weighted by atomic mass is 16.6. The van der Waals surface area contributed by atoms with Gasteiger partial charge in [-0.1, -0.05) is 13.3 Å². The largest absolute Gasteiger partial charge is 0.370 e. The number of hydrogen-bond acceptors (Lipinski definition) is 5. The first-order valence-electron chi connectivity index (χ1n) is 6.67. The molecular formula is C13H20N4O2. The van der Waals surface area contributed by atoms with E-state index in [1.165, 1.54) is 25.3 Å². The van der Waals surface area contributed by atoms with E-state index in [0.717, 1.165) is 13.1 Å². The van der Waals surface area contributed by atoms with Crippen LogP contribution in [0.5, 0.6) is 0 Å². The van der Waals surface area contributed by atoms with Crippen LogP contribution in [0.1, 0.15) is 33.1 Å². The standard InChI is InChI=1S/C13H20N4O2/c1-3-14-11-6-5-10(17(18)19)12(16-11)15-9-13(2)7-4-8-13/h5-6H,3-4,7-9H2,1-2H3,(H2,14,15,16). The molecule has 0 amide bonds. The van der Waals surface area contributed by atoms with Gasteiger partial charge in [0.1, 0.15) is 5.82 Å². The fourth-order valence-corrected chi connectivity index (χ4v) is 2.26. The Balaban J connectivity index is 2.14. The number of nitro groups is 1. The summed E-state index contributed by atoms with van der Waals surface area (Å²) in [6.07, 6.45) is 3.58. The minimum Gasteiger partial charge on any atom is -0.370 e. The zero-order valence-electron chi connectivity index (χ0n) is 11.4. The number of anilines is 2. The molecule has 1 aliphatic carbocycles. The summed E-state index contributed by atoms with van der Waals surface area (Å²) in [5.74, 6) is 1.02. The van der Waals surface area contributed by atoms with Crippen molar-refractivity contribution in [3.05, 3.63) is 22.2 Å². The van der Waals surface area contributed by atoms with Crippen molar-refractivity contribution in [2.45, 2.75) is 33.1 Å². The van der Waals surface area contributed by atoms with Gasteiger partial charge in [0, 0.05) is 19.2 Å². The zero-order chi connectivity index (χ0) is 13.9. The van der Waals surface area contributed by atoms with Crippen molar-refractivity contribution < 1.29 is 4.92 Å². The number of nitrogens with zero attached hydrogens (tertiary/aromatic N) is 2. The molecule has 0 aliphatic heterocycles. The molecule has 1 saturated carbocycles. The van der Waals surface area contributed by atoms with Gasteiger partial charge in [0.25, 0.3) is 0 Å². The van der Waals surface area contributed by atoms with Crippen LogP contribution in [0.15, 0.2) is 12.1 Å². The fraction of sp³-hybridized carbons (Fsp3) is 0.615. The van der Waals surface area contributed by atoms with E-state index in [1.807, 2.05) is 6.92 Å². The van der Waals surface area contributed by atoms with Crippen molar-refractivity contribution in [3.8, 4) is 0 Å². The fourth-order valence-electron chi connectivity index (χ4n) is 2.26. The lowest BCUT2D eigenvalue weighted by molar-refractivity contribution is -0.384. The normalized spacial score (nSPS) is 16.5. The minimum atomic E-state index is -0.395. The van der Waals surface area contributed by atoms with Crippen molar-refractivity contribution in [2.75, 3.05) is 23.7 Å². The third-order valence-electron chi connectivity index (χ3n) is 3.67. The maximum atomic E-state index is 11.0. The molecule has 1 aliphatic rings. The second-order valence-corrected chi connectivity index (χ2v) is 5.37. The molecule has 6 nitrogen and oxygen atoms in total. The van der Waals surface area contributed by atoms with Crippen LogP contribution >= 0.6 is 0 Å². The summed E-state index contributed by atoms with van der Waals surface area (Å²) >= 11 is 0. The van der Waals surface area contributed by atoms with E-state index in [0.29, 0.717) is 11.6 Å². The Bertz CT molecular complexity index is 472. The maximum absolute atomic E-state index is 11.0. The van der Waals surface area contributed by atoms with Gasteiger partial charge in [0.05, 0.1) is 4.92 Å². The van der Waals surface area contributed by atoms with Crippen LogP contribution in [0, 0.1) is 15.5 Å². The summed E-state index contributed by atoms with van der Waals surface area (Å²) in [6, 6.07) is 3.13. The number of nitrogens with one attached hydrogen (secondary N) is 2. The molecule has 0 bridgehead atoms. The average molecular weight is 264 g/mol. The van der Waals surface area contributed by atoms with Crippen LogP contribution in [0.3, 0.4) is 0 Å². The third-order valence-corrected chi connectivity index (χ3v) is 3.67. The highest BCUT2D eigenvalue weighted by Gasteiger charge is 2.32. The number of hydrogen-bond donors (Lipinski definition) is 2. The molecule has 6 heteroatoms. The predicted molar refractivity (Wildman–Crippen MR) is 75.5 cm³/mol. The Kier molecular flexibility index (Phi) is 3.87. The third kappa shape index (κ3) is 3.13. The Morgan fingerprint density at radius 3 is 2.68 bits per heavy atom. The topological polar surface area (TPSA) is 80.1 Å². The lowest BCUT2D eigenvalue weighted by atomic mass is 9.70. The van der Waals surface area contributed by atoms with Gasteiger partial charge in [-0.05, 0) is 31.2 Å². The molecule has 1 fully saturated rings. The molecule has 2 N–H and O–H groups in total. The first-order chi connectivity index (χ1) is 9.04. The van der Waals surface area contributed by atoms with E-state index in [-0.39, 0.29) is 11.1 Å². The summed E-state index contributed by atoms with van der Waals surface area (Å²) < 4.78 is 0. The number of rotatable bonds is 6. The Morgan fingerprint density at radius 2 is 2.16 bits per heavy atom. The van der Waals surface area contributed by atoms with Crippen molar-refractivity contribution in [2.24, 2.45) is 5.41 Å². The van der Waals surface area contributed by atoms with Gasteiger partial charge in [-0.25, -0.2) is 4.98 Å². The van der Waals surface area contributed by atoms with Crippen LogP contribution in [-0.2, 0) is 0 Å². The van der Waals surface area contributed by atoms with E-state index < -0.39 is 4.92 Å². The summed E-state index contributed by atoms with van der Waals surface area (Å²) in [7, 11) is 0. The van der Waals surface area contributed by atoms with E-state index in [1.54, 1.807) is 6.07 Å². The molecule has 0 atom stereocenters. The van der Waals surface area contributed by atoms with E-state index in [2.05, 4.69) is 22.5 Å². The van der Waals surface area contributed by atoms with Crippen molar-refractivity contribution >= 4 is 17.3 Å². The average Bonchev–Trinajstić information content (AvgIpc) is 2.34. The molecule has 2 rings (SSSR count). The number of pyridine rings is 1. The van der Waals surface area contributed by atoms with Crippen LogP contribution < -0.4 is 10.6 Å². The number of aromatic nitrogens is 1. The Hall–Kier alpha value is -1.85. The lowest BCUT2D eigenvalue weighted by Crippen LogP contribution is -2.33. The summed E-state index contributed by atoms with van der Waals surface area (Å²) in [6.45, 7) is 5.63. The van der Waals surface area contributed by atoms with Gasteiger partial charge in [-0.3, -0.25) is 10.1 Å². The summed E-state index contributed by atoms with van der Waals surface area (Å²) in [5.41, 5.74) is 0.286. The van der Waals surface area contributed by atoms with Gasteiger partial charge in [0.15, 0.2) is 0 Å². The Morgan fingerprint density at radius 1 is 1.42 bits per heavy atom. The summed E-state index contributed by atoms with van der Waals surface area (Å²) in [4.78, 5) is 14.9. The van der Waals surface area contributed by atoms with Gasteiger partial charge >= 0.3 is 5.69 Å². The van der Waals surface area contributed by atoms with Crippen molar-refractivity contribution in [3.63, 3.8) is 0 Å². The molecule has 0 aromatic carbocycles. The Labute approximate surface area is 112 Å². The van der Waals surface area contributed by atoms with Crippen molar-refractivity contribution in [1.82, 2.24) is 4.98 Å². The molecule has 19 heavy (non-hydrogen) atoms. The first kappa shape index (κ1) is 13.6. The predicted octanol–water partition coefficient (Wildman–Crippen LogP) is 3.02. The van der Waals surface area contributed by atoms with Gasteiger partial charge in [-0.2, -0.15) is 0 Å². The molecule has 0 radical (unpaired) electrons. The van der Waals surface area contributed by atoms with E-state index in [9.17, 15) is 10.1 Å². The van der Waals surface area contributed by atoms with Crippen LogP contribution in [0.2, 0.25) is 0 Å². The zero-order valence-corrected chi connectivity index (χ0v) is 11.4. The molecule has 0 spiro atoms. The summed E-state index contributed by atoms with van der Waals surface area (Å²) in [5, 5.41) is 17.2. The van der Waals surface area contributed by atoms with Crippen LogP contribution in [0.4, 0.5) is 17.3 Å². The van der Waals surface area contributed by atoms with Gasteiger partial charge in [0.2, 0.25) is 5.82 Å². The van der Waals surface area contributed by atoms with E-state index in [4.69, 9.17) is 0 Å². The van der Waals surface area contributed by atoms with Crippen LogP contribution in [0.25, 0.3) is 0 Å². The molecule has 1 heterocycles. The maximum Gasteiger partial charge on any atom is 0.311 e. The molecule has 1 aromatic heterocycles. The van der Waals surface area contributed by atoms with Crippen LogP contribution in [-0.4, -0.2) is 23.0 Å². The van der Waals surface area contributed by atoms with Crippen molar-refractivity contribution in [1.29, 1.82) is 0 Å². The smallest absolute Gasteiger partial charge is 0.311 e. The van der Waals surface area contributed by atoms with Gasteiger partial charge in [-0.15, -0.1) is 0 Å². The molecular weight excluding hydrogens is 244 g/mol. The SMILES string of the molecule is CCNc1ccc([N+](=O)[O-])c(NCC2(C)CCC2)n1. The minimum absolute atomic E-state index is 0.0320. The molecule has 0 unspecified atom stereocenters. The quantitative estimate of drug-likeness (QED) is 0.609. The monoisotopic (exact) mass is 264 g/mol.